The van der Waals surface area contributed by atoms with Crippen molar-refractivity contribution in [1.29, 1.82) is 0 Å². The first-order valence-corrected chi connectivity index (χ1v) is 6.57. The Morgan fingerprint density at radius 3 is 2.59 bits per heavy atom. The molecule has 0 radical (unpaired) electrons. The summed E-state index contributed by atoms with van der Waals surface area (Å²) >= 11 is 0. The molecule has 2 N–H and O–H groups in total. The van der Waals surface area contributed by atoms with E-state index in [1.165, 1.54) is 24.8 Å². The van der Waals surface area contributed by atoms with E-state index in [0.29, 0.717) is 5.92 Å². The lowest BCUT2D eigenvalue weighted by atomic mass is 9.77. The second-order valence-corrected chi connectivity index (χ2v) is 5.47. The minimum Gasteiger partial charge on any atom is -0.327 e. The van der Waals surface area contributed by atoms with Crippen LogP contribution in [0.25, 0.3) is 0 Å². The molecule has 0 bridgehead atoms. The van der Waals surface area contributed by atoms with Gasteiger partial charge >= 0.3 is 0 Å². The van der Waals surface area contributed by atoms with Crippen molar-refractivity contribution < 1.29 is 4.39 Å². The Hall–Kier alpha value is -0.890. The van der Waals surface area contributed by atoms with E-state index < -0.39 is 5.67 Å². The van der Waals surface area contributed by atoms with Crippen molar-refractivity contribution in [1.82, 2.24) is 0 Å². The minimum absolute atomic E-state index is 0.0544. The third-order valence-corrected chi connectivity index (χ3v) is 4.16. The van der Waals surface area contributed by atoms with Crippen molar-refractivity contribution in [3.63, 3.8) is 0 Å². The fourth-order valence-corrected chi connectivity index (χ4v) is 2.48. The Bertz CT molecular complexity index is 384. The Labute approximate surface area is 103 Å². The van der Waals surface area contributed by atoms with Gasteiger partial charge in [0.1, 0.15) is 5.67 Å². The van der Waals surface area contributed by atoms with Crippen molar-refractivity contribution in [3.8, 4) is 0 Å². The molecule has 0 aromatic heterocycles. The molecule has 1 fully saturated rings. The van der Waals surface area contributed by atoms with Crippen LogP contribution in [0, 0.1) is 5.92 Å². The van der Waals surface area contributed by atoms with Crippen LogP contribution >= 0.6 is 0 Å². The number of benzene rings is 1. The summed E-state index contributed by atoms with van der Waals surface area (Å²) in [5, 5.41) is 0. The monoisotopic (exact) mass is 235 g/mol. The van der Waals surface area contributed by atoms with Gasteiger partial charge in [-0.05, 0) is 35.8 Å². The molecular formula is C15H22FN. The molecule has 1 saturated carbocycles. The zero-order chi connectivity index (χ0) is 12.5. The summed E-state index contributed by atoms with van der Waals surface area (Å²) in [6.45, 7) is 3.84. The van der Waals surface area contributed by atoms with Crippen molar-refractivity contribution in [2.75, 3.05) is 6.54 Å². The Morgan fingerprint density at radius 1 is 1.41 bits per heavy atom. The van der Waals surface area contributed by atoms with Crippen molar-refractivity contribution in [2.45, 2.75) is 44.7 Å². The number of alkyl halides is 1. The molecule has 1 atom stereocenters. The average molecular weight is 235 g/mol. The van der Waals surface area contributed by atoms with Crippen LogP contribution in [-0.2, 0) is 5.67 Å². The van der Waals surface area contributed by atoms with E-state index in [4.69, 9.17) is 5.73 Å². The molecule has 1 aliphatic rings. The van der Waals surface area contributed by atoms with Crippen molar-refractivity contribution in [3.05, 3.63) is 35.4 Å². The van der Waals surface area contributed by atoms with Crippen LogP contribution in [0.4, 0.5) is 4.39 Å². The molecule has 1 aliphatic carbocycles. The predicted molar refractivity (Wildman–Crippen MR) is 69.7 cm³/mol. The molecule has 94 valence electrons. The van der Waals surface area contributed by atoms with E-state index in [1.807, 2.05) is 32.0 Å². The molecular weight excluding hydrogens is 213 g/mol. The highest BCUT2D eigenvalue weighted by atomic mass is 19.1. The summed E-state index contributed by atoms with van der Waals surface area (Å²) in [5.74, 6) is 0.549. The normalized spacial score (nSPS) is 20.1. The second kappa shape index (κ2) is 4.77. The first kappa shape index (κ1) is 12.6. The van der Waals surface area contributed by atoms with Crippen molar-refractivity contribution >= 4 is 0 Å². The predicted octanol–water partition coefficient (Wildman–Crippen LogP) is 3.73. The van der Waals surface area contributed by atoms with Crippen LogP contribution in [0.15, 0.2) is 24.3 Å². The lowest BCUT2D eigenvalue weighted by molar-refractivity contribution is 0.109. The summed E-state index contributed by atoms with van der Waals surface area (Å²) in [5.41, 5.74) is 6.28. The lowest BCUT2D eigenvalue weighted by Crippen LogP contribution is -2.35. The Balaban J connectivity index is 2.31. The lowest BCUT2D eigenvalue weighted by Gasteiger charge is -2.31. The average Bonchev–Trinajstić information content (AvgIpc) is 2.26. The largest absolute Gasteiger partial charge is 0.327 e. The molecule has 0 aliphatic heterocycles. The van der Waals surface area contributed by atoms with Gasteiger partial charge in [-0.25, -0.2) is 4.39 Å². The molecule has 1 aromatic carbocycles. The summed E-state index contributed by atoms with van der Waals surface area (Å²) in [4.78, 5) is 0. The van der Waals surface area contributed by atoms with Gasteiger partial charge in [0.25, 0.3) is 0 Å². The van der Waals surface area contributed by atoms with Gasteiger partial charge in [-0.2, -0.15) is 0 Å². The van der Waals surface area contributed by atoms with Gasteiger partial charge in [0, 0.05) is 6.54 Å². The van der Waals surface area contributed by atoms with Gasteiger partial charge in [0.05, 0.1) is 0 Å². The van der Waals surface area contributed by atoms with E-state index in [9.17, 15) is 4.39 Å². The summed E-state index contributed by atoms with van der Waals surface area (Å²) < 4.78 is 14.8. The molecule has 0 heterocycles. The molecule has 2 heteroatoms. The van der Waals surface area contributed by atoms with E-state index >= 15 is 0 Å². The molecule has 2 rings (SSSR count). The zero-order valence-corrected chi connectivity index (χ0v) is 10.7. The maximum Gasteiger partial charge on any atom is 0.150 e. The quantitative estimate of drug-likeness (QED) is 0.845. The fraction of sp³-hybridized carbons (Fsp3) is 0.600. The van der Waals surface area contributed by atoms with E-state index in [2.05, 4.69) is 6.07 Å². The minimum atomic E-state index is -1.39. The van der Waals surface area contributed by atoms with Crippen LogP contribution in [0.5, 0.6) is 0 Å². The topological polar surface area (TPSA) is 26.0 Å². The van der Waals surface area contributed by atoms with E-state index in [1.54, 1.807) is 0 Å². The summed E-state index contributed by atoms with van der Waals surface area (Å²) in [6.07, 6.45) is 3.79. The Morgan fingerprint density at radius 2 is 2.12 bits per heavy atom. The van der Waals surface area contributed by atoms with Gasteiger partial charge in [-0.3, -0.25) is 0 Å². The third kappa shape index (κ3) is 2.23. The standard InChI is InChI=1S/C15H22FN/c1-11(2)15(16,10-17)14-8-4-7-13(9-14)12-5-3-6-12/h4,7-9,11-12H,3,5-6,10,17H2,1-2H3. The van der Waals surface area contributed by atoms with Crippen LogP contribution in [0.1, 0.15) is 50.2 Å². The SMILES string of the molecule is CC(C)C(F)(CN)c1cccc(C2CCC2)c1. The van der Waals surface area contributed by atoms with Crippen molar-refractivity contribution in [2.24, 2.45) is 11.7 Å². The van der Waals surface area contributed by atoms with Crippen LogP contribution in [-0.4, -0.2) is 6.54 Å². The number of hydrogen-bond acceptors (Lipinski definition) is 1. The van der Waals surface area contributed by atoms with Gasteiger partial charge in [-0.1, -0.05) is 44.5 Å². The Kier molecular flexibility index (Phi) is 3.53. The summed E-state index contributed by atoms with van der Waals surface area (Å²) in [6, 6.07) is 7.98. The van der Waals surface area contributed by atoms with E-state index in [-0.39, 0.29) is 12.5 Å². The molecule has 0 amide bonds. The van der Waals surface area contributed by atoms with Gasteiger partial charge in [-0.15, -0.1) is 0 Å². The van der Waals surface area contributed by atoms with Crippen LogP contribution in [0.3, 0.4) is 0 Å². The number of nitrogens with two attached hydrogens (primary N) is 1. The number of rotatable bonds is 4. The number of hydrogen-bond donors (Lipinski definition) is 1. The maximum atomic E-state index is 14.8. The van der Waals surface area contributed by atoms with Gasteiger partial charge in [0.15, 0.2) is 0 Å². The van der Waals surface area contributed by atoms with Crippen LogP contribution < -0.4 is 5.73 Å². The smallest absolute Gasteiger partial charge is 0.150 e. The third-order valence-electron chi connectivity index (χ3n) is 4.16. The molecule has 1 aromatic rings. The van der Waals surface area contributed by atoms with Gasteiger partial charge < -0.3 is 5.73 Å². The molecule has 1 unspecified atom stereocenters. The molecule has 17 heavy (non-hydrogen) atoms. The summed E-state index contributed by atoms with van der Waals surface area (Å²) in [7, 11) is 0. The fourth-order valence-electron chi connectivity index (χ4n) is 2.48. The number of halogens is 1. The first-order chi connectivity index (χ1) is 8.08. The van der Waals surface area contributed by atoms with E-state index in [0.717, 1.165) is 5.56 Å². The molecule has 0 saturated heterocycles. The van der Waals surface area contributed by atoms with Crippen LogP contribution in [0.2, 0.25) is 0 Å². The maximum absolute atomic E-state index is 14.8. The highest BCUT2D eigenvalue weighted by Crippen LogP contribution is 2.39. The molecule has 0 spiro atoms. The second-order valence-electron chi connectivity index (χ2n) is 5.47. The zero-order valence-electron chi connectivity index (χ0n) is 10.7. The highest BCUT2D eigenvalue weighted by Gasteiger charge is 2.34. The molecule has 1 nitrogen and oxygen atoms in total. The van der Waals surface area contributed by atoms with Gasteiger partial charge in [0.2, 0.25) is 0 Å². The first-order valence-electron chi connectivity index (χ1n) is 6.57. The highest BCUT2D eigenvalue weighted by molar-refractivity contribution is 5.32.